The largest absolute Gasteiger partial charge is 0.446 e. The minimum Gasteiger partial charge on any atom is -0.372 e. The SMILES string of the molecule is CNc1nc(-c2ccc(SC(F)(F)F)cc2)nc(C)c1Br. The van der Waals surface area contributed by atoms with Crippen LogP contribution in [-0.4, -0.2) is 22.5 Å². The number of anilines is 1. The third-order valence-electron chi connectivity index (χ3n) is 2.60. The molecule has 0 saturated carbocycles. The summed E-state index contributed by atoms with van der Waals surface area (Å²) in [4.78, 5) is 8.79. The van der Waals surface area contributed by atoms with E-state index in [1.54, 1.807) is 19.2 Å². The zero-order valence-corrected chi connectivity index (χ0v) is 13.5. The molecule has 2 rings (SSSR count). The highest BCUT2D eigenvalue weighted by molar-refractivity contribution is 9.10. The lowest BCUT2D eigenvalue weighted by molar-refractivity contribution is -0.0328. The second kappa shape index (κ2) is 6.23. The van der Waals surface area contributed by atoms with E-state index in [-0.39, 0.29) is 16.7 Å². The van der Waals surface area contributed by atoms with Gasteiger partial charge in [-0.1, -0.05) is 12.1 Å². The number of aryl methyl sites for hydroxylation is 1. The highest BCUT2D eigenvalue weighted by Gasteiger charge is 2.29. The Bertz CT molecular complexity index is 644. The van der Waals surface area contributed by atoms with Gasteiger partial charge in [0.25, 0.3) is 0 Å². The van der Waals surface area contributed by atoms with Gasteiger partial charge in [-0.05, 0) is 46.7 Å². The van der Waals surface area contributed by atoms with Gasteiger partial charge >= 0.3 is 5.51 Å². The molecule has 0 aliphatic rings. The Kier molecular flexibility index (Phi) is 4.77. The number of thioether (sulfide) groups is 1. The van der Waals surface area contributed by atoms with Crippen molar-refractivity contribution in [3.63, 3.8) is 0 Å². The maximum Gasteiger partial charge on any atom is 0.446 e. The second-order valence-electron chi connectivity index (χ2n) is 4.12. The Balaban J connectivity index is 2.33. The van der Waals surface area contributed by atoms with E-state index < -0.39 is 5.51 Å². The van der Waals surface area contributed by atoms with Gasteiger partial charge in [-0.15, -0.1) is 0 Å². The van der Waals surface area contributed by atoms with Gasteiger partial charge in [-0.25, -0.2) is 9.97 Å². The number of hydrogen-bond acceptors (Lipinski definition) is 4. The van der Waals surface area contributed by atoms with E-state index >= 15 is 0 Å². The van der Waals surface area contributed by atoms with Gasteiger partial charge in [0.1, 0.15) is 5.82 Å². The average Bonchev–Trinajstić information content (AvgIpc) is 2.41. The number of nitrogens with zero attached hydrogens (tertiary/aromatic N) is 2. The van der Waals surface area contributed by atoms with E-state index in [0.29, 0.717) is 17.2 Å². The minimum absolute atomic E-state index is 0.133. The Morgan fingerprint density at radius 3 is 2.29 bits per heavy atom. The molecule has 0 spiro atoms. The van der Waals surface area contributed by atoms with E-state index in [0.717, 1.165) is 10.2 Å². The Labute approximate surface area is 132 Å². The maximum atomic E-state index is 12.3. The zero-order chi connectivity index (χ0) is 15.6. The summed E-state index contributed by atoms with van der Waals surface area (Å²) in [6, 6.07) is 5.98. The van der Waals surface area contributed by atoms with Crippen molar-refractivity contribution in [3.8, 4) is 11.4 Å². The predicted octanol–water partition coefficient (Wildman–Crippen LogP) is 4.87. The van der Waals surface area contributed by atoms with E-state index in [1.807, 2.05) is 6.92 Å². The predicted molar refractivity (Wildman–Crippen MR) is 81.4 cm³/mol. The van der Waals surface area contributed by atoms with Crippen molar-refractivity contribution in [1.29, 1.82) is 0 Å². The number of hydrogen-bond donors (Lipinski definition) is 1. The van der Waals surface area contributed by atoms with Gasteiger partial charge in [0.15, 0.2) is 5.82 Å². The van der Waals surface area contributed by atoms with Crippen LogP contribution in [0.25, 0.3) is 11.4 Å². The zero-order valence-electron chi connectivity index (χ0n) is 11.1. The maximum absolute atomic E-state index is 12.3. The fraction of sp³-hybridized carbons (Fsp3) is 0.231. The summed E-state index contributed by atoms with van der Waals surface area (Å²) in [5.74, 6) is 1.09. The highest BCUT2D eigenvalue weighted by atomic mass is 79.9. The third-order valence-corrected chi connectivity index (χ3v) is 4.29. The molecule has 0 saturated heterocycles. The average molecular weight is 378 g/mol. The third kappa shape index (κ3) is 4.10. The molecule has 0 unspecified atom stereocenters. The molecule has 0 bridgehead atoms. The molecule has 8 heteroatoms. The van der Waals surface area contributed by atoms with E-state index in [4.69, 9.17) is 0 Å². The topological polar surface area (TPSA) is 37.8 Å². The van der Waals surface area contributed by atoms with Gasteiger partial charge in [-0.3, -0.25) is 0 Å². The standard InChI is InChI=1S/C13H11BrF3N3S/c1-7-10(14)12(18-2)20-11(19-7)8-3-5-9(6-4-8)21-13(15,16)17/h3-6H,1-2H3,(H,18,19,20). The molecule has 1 aromatic carbocycles. The van der Waals surface area contributed by atoms with E-state index in [2.05, 4.69) is 31.2 Å². The number of alkyl halides is 3. The number of halogens is 4. The van der Waals surface area contributed by atoms with Crippen LogP contribution in [-0.2, 0) is 0 Å². The molecule has 1 N–H and O–H groups in total. The summed E-state index contributed by atoms with van der Waals surface area (Å²) in [5, 5.41) is 2.94. The van der Waals surface area contributed by atoms with Crippen molar-refractivity contribution >= 4 is 33.5 Å². The molecule has 0 atom stereocenters. The van der Waals surface area contributed by atoms with Crippen molar-refractivity contribution in [2.45, 2.75) is 17.3 Å². The first-order valence-electron chi connectivity index (χ1n) is 5.88. The van der Waals surface area contributed by atoms with Crippen LogP contribution < -0.4 is 5.32 Å². The Morgan fingerprint density at radius 2 is 1.76 bits per heavy atom. The Hall–Kier alpha value is -1.28. The minimum atomic E-state index is -4.29. The molecule has 0 radical (unpaired) electrons. The number of rotatable bonds is 3. The number of benzene rings is 1. The van der Waals surface area contributed by atoms with Crippen LogP contribution in [0.2, 0.25) is 0 Å². The summed E-state index contributed by atoms with van der Waals surface area (Å²) in [5.41, 5.74) is -2.88. The summed E-state index contributed by atoms with van der Waals surface area (Å²) in [6.07, 6.45) is 0. The molecule has 0 fully saturated rings. The Morgan fingerprint density at radius 1 is 1.14 bits per heavy atom. The van der Waals surface area contributed by atoms with Gasteiger partial charge in [0, 0.05) is 17.5 Å². The van der Waals surface area contributed by atoms with E-state index in [1.165, 1.54) is 12.1 Å². The molecular weight excluding hydrogens is 367 g/mol. The smallest absolute Gasteiger partial charge is 0.372 e. The summed E-state index contributed by atoms with van der Waals surface area (Å²) in [7, 11) is 1.74. The molecule has 0 aliphatic carbocycles. The normalized spacial score (nSPS) is 11.5. The lowest BCUT2D eigenvalue weighted by Crippen LogP contribution is -2.01. The summed E-state index contributed by atoms with van der Waals surface area (Å²) in [6.45, 7) is 1.82. The second-order valence-corrected chi connectivity index (χ2v) is 6.05. The molecule has 0 amide bonds. The highest BCUT2D eigenvalue weighted by Crippen LogP contribution is 2.37. The fourth-order valence-corrected chi connectivity index (χ4v) is 2.57. The molecule has 112 valence electrons. The number of aromatic nitrogens is 2. The van der Waals surface area contributed by atoms with Crippen LogP contribution in [0.3, 0.4) is 0 Å². The summed E-state index contributed by atoms with van der Waals surface area (Å²) < 4.78 is 37.6. The first-order valence-corrected chi connectivity index (χ1v) is 7.49. The van der Waals surface area contributed by atoms with Crippen LogP contribution in [0.1, 0.15) is 5.69 Å². The first-order chi connectivity index (χ1) is 9.80. The fourth-order valence-electron chi connectivity index (χ4n) is 1.66. The number of nitrogens with one attached hydrogen (secondary N) is 1. The van der Waals surface area contributed by atoms with Gasteiger partial charge in [0.05, 0.1) is 10.2 Å². The van der Waals surface area contributed by atoms with Crippen molar-refractivity contribution < 1.29 is 13.2 Å². The molecule has 3 nitrogen and oxygen atoms in total. The quantitative estimate of drug-likeness (QED) is 0.774. The van der Waals surface area contributed by atoms with Crippen LogP contribution >= 0.6 is 27.7 Å². The van der Waals surface area contributed by atoms with E-state index in [9.17, 15) is 13.2 Å². The lowest BCUT2D eigenvalue weighted by atomic mass is 10.2. The lowest BCUT2D eigenvalue weighted by Gasteiger charge is -2.09. The molecule has 21 heavy (non-hydrogen) atoms. The van der Waals surface area contributed by atoms with Crippen molar-refractivity contribution in [2.75, 3.05) is 12.4 Å². The molecule has 0 aliphatic heterocycles. The van der Waals surface area contributed by atoms with Crippen LogP contribution in [0, 0.1) is 6.92 Å². The van der Waals surface area contributed by atoms with Gasteiger partial charge in [0.2, 0.25) is 0 Å². The van der Waals surface area contributed by atoms with Crippen molar-refractivity contribution in [2.24, 2.45) is 0 Å². The summed E-state index contributed by atoms with van der Waals surface area (Å²) >= 11 is 3.23. The molecule has 1 heterocycles. The monoisotopic (exact) mass is 377 g/mol. The van der Waals surface area contributed by atoms with Crippen LogP contribution in [0.5, 0.6) is 0 Å². The van der Waals surface area contributed by atoms with Crippen LogP contribution in [0.4, 0.5) is 19.0 Å². The van der Waals surface area contributed by atoms with Gasteiger partial charge in [-0.2, -0.15) is 13.2 Å². The first kappa shape index (κ1) is 16.1. The van der Waals surface area contributed by atoms with Crippen molar-refractivity contribution in [3.05, 3.63) is 34.4 Å². The van der Waals surface area contributed by atoms with Crippen LogP contribution in [0.15, 0.2) is 33.6 Å². The van der Waals surface area contributed by atoms with Gasteiger partial charge < -0.3 is 5.32 Å². The molecule has 2 aromatic rings. The van der Waals surface area contributed by atoms with Crippen molar-refractivity contribution in [1.82, 2.24) is 9.97 Å². The molecule has 1 aromatic heterocycles. The molecular formula is C13H11BrF3N3S.